The van der Waals surface area contributed by atoms with E-state index in [-0.39, 0.29) is 11.9 Å². The molecule has 0 saturated heterocycles. The Hall–Kier alpha value is -1.09. The van der Waals surface area contributed by atoms with Crippen molar-refractivity contribution >= 4 is 5.69 Å². The number of halogens is 1. The molecular weight excluding hydrogens is 205 g/mol. The predicted molar refractivity (Wildman–Crippen MR) is 65.1 cm³/mol. The summed E-state index contributed by atoms with van der Waals surface area (Å²) in [5.74, 6) is 0.236. The van der Waals surface area contributed by atoms with Crippen molar-refractivity contribution in [2.45, 2.75) is 26.3 Å². The van der Waals surface area contributed by atoms with E-state index in [1.165, 1.54) is 6.07 Å². The van der Waals surface area contributed by atoms with Gasteiger partial charge in [0, 0.05) is 19.8 Å². The zero-order valence-electron chi connectivity index (χ0n) is 10.2. The molecule has 0 aromatic heterocycles. The van der Waals surface area contributed by atoms with Gasteiger partial charge in [0.15, 0.2) is 0 Å². The predicted octanol–water partition coefficient (Wildman–Crippen LogP) is 3.30. The van der Waals surface area contributed by atoms with E-state index < -0.39 is 0 Å². The Kier molecular flexibility index (Phi) is 5.26. The van der Waals surface area contributed by atoms with Crippen LogP contribution >= 0.6 is 0 Å². The van der Waals surface area contributed by atoms with E-state index in [1.807, 2.05) is 6.07 Å². The number of rotatable bonds is 6. The van der Waals surface area contributed by atoms with Crippen molar-refractivity contribution in [3.05, 3.63) is 30.1 Å². The van der Waals surface area contributed by atoms with Crippen LogP contribution in [0.3, 0.4) is 0 Å². The van der Waals surface area contributed by atoms with E-state index in [9.17, 15) is 4.39 Å². The first-order chi connectivity index (χ1) is 7.65. The summed E-state index contributed by atoms with van der Waals surface area (Å²) >= 11 is 0. The van der Waals surface area contributed by atoms with Crippen molar-refractivity contribution in [1.29, 1.82) is 0 Å². The van der Waals surface area contributed by atoms with Crippen LogP contribution in [0.5, 0.6) is 0 Å². The van der Waals surface area contributed by atoms with Gasteiger partial charge in [0.05, 0.1) is 5.69 Å². The number of hydrogen-bond acceptors (Lipinski definition) is 2. The number of ether oxygens (including phenoxy) is 1. The van der Waals surface area contributed by atoms with Gasteiger partial charge in [-0.2, -0.15) is 0 Å². The lowest BCUT2D eigenvalue weighted by Gasteiger charge is -2.23. The van der Waals surface area contributed by atoms with E-state index >= 15 is 0 Å². The van der Waals surface area contributed by atoms with Gasteiger partial charge in [-0.25, -0.2) is 4.39 Å². The molecule has 0 amide bonds. The highest BCUT2D eigenvalue weighted by Gasteiger charge is 2.14. The molecule has 0 saturated carbocycles. The molecule has 1 rings (SSSR count). The van der Waals surface area contributed by atoms with Crippen molar-refractivity contribution in [3.63, 3.8) is 0 Å². The maximum Gasteiger partial charge on any atom is 0.146 e. The molecule has 1 atom stereocenters. The lowest BCUT2D eigenvalue weighted by molar-refractivity contribution is 0.184. The topological polar surface area (TPSA) is 21.3 Å². The number of methoxy groups -OCH3 is 1. The van der Waals surface area contributed by atoms with Gasteiger partial charge >= 0.3 is 0 Å². The fourth-order valence-corrected chi connectivity index (χ4v) is 1.59. The van der Waals surface area contributed by atoms with Crippen LogP contribution in [0.25, 0.3) is 0 Å². The summed E-state index contributed by atoms with van der Waals surface area (Å²) in [4.78, 5) is 0. The van der Waals surface area contributed by atoms with Gasteiger partial charge in [-0.1, -0.05) is 26.0 Å². The Morgan fingerprint density at radius 3 is 2.56 bits per heavy atom. The Bertz CT molecular complexity index is 315. The zero-order chi connectivity index (χ0) is 12.0. The highest BCUT2D eigenvalue weighted by molar-refractivity contribution is 5.45. The SMILES string of the molecule is COCCC(Nc1ccccc1F)C(C)C. The normalized spacial score (nSPS) is 12.8. The Morgan fingerprint density at radius 2 is 2.00 bits per heavy atom. The lowest BCUT2D eigenvalue weighted by atomic mass is 10.0. The van der Waals surface area contributed by atoms with Crippen LogP contribution in [0.4, 0.5) is 10.1 Å². The van der Waals surface area contributed by atoms with Crippen molar-refractivity contribution in [2.75, 3.05) is 19.0 Å². The first-order valence-electron chi connectivity index (χ1n) is 5.65. The summed E-state index contributed by atoms with van der Waals surface area (Å²) in [7, 11) is 1.68. The van der Waals surface area contributed by atoms with Crippen LogP contribution in [-0.4, -0.2) is 19.8 Å². The van der Waals surface area contributed by atoms with E-state index in [4.69, 9.17) is 4.74 Å². The van der Waals surface area contributed by atoms with Gasteiger partial charge < -0.3 is 10.1 Å². The minimum atomic E-state index is -0.203. The molecule has 0 aliphatic heterocycles. The standard InChI is InChI=1S/C13H20FNO/c1-10(2)12(8-9-16-3)15-13-7-5-4-6-11(13)14/h4-7,10,12,15H,8-9H2,1-3H3. The Labute approximate surface area is 96.8 Å². The van der Waals surface area contributed by atoms with Gasteiger partial charge in [0.2, 0.25) is 0 Å². The molecule has 0 spiro atoms. The molecular formula is C13H20FNO. The molecule has 3 heteroatoms. The monoisotopic (exact) mass is 225 g/mol. The molecule has 0 aliphatic carbocycles. The summed E-state index contributed by atoms with van der Waals surface area (Å²) < 4.78 is 18.5. The van der Waals surface area contributed by atoms with Crippen LogP contribution in [-0.2, 0) is 4.74 Å². The van der Waals surface area contributed by atoms with Crippen molar-refractivity contribution in [1.82, 2.24) is 0 Å². The van der Waals surface area contributed by atoms with Gasteiger partial charge in [-0.3, -0.25) is 0 Å². The number of nitrogens with one attached hydrogen (secondary N) is 1. The minimum Gasteiger partial charge on any atom is -0.385 e. The molecule has 1 N–H and O–H groups in total. The second-order valence-corrected chi connectivity index (χ2v) is 4.26. The molecule has 0 heterocycles. The molecule has 90 valence electrons. The molecule has 0 aliphatic rings. The summed E-state index contributed by atoms with van der Waals surface area (Å²) in [6, 6.07) is 6.99. The average molecular weight is 225 g/mol. The van der Waals surface area contributed by atoms with Gasteiger partial charge in [-0.15, -0.1) is 0 Å². The highest BCUT2D eigenvalue weighted by Crippen LogP contribution is 2.18. The molecule has 0 bridgehead atoms. The third-order valence-electron chi connectivity index (χ3n) is 2.65. The lowest BCUT2D eigenvalue weighted by Crippen LogP contribution is -2.27. The molecule has 1 aromatic rings. The number of anilines is 1. The second kappa shape index (κ2) is 6.48. The minimum absolute atomic E-state index is 0.203. The molecule has 2 nitrogen and oxygen atoms in total. The summed E-state index contributed by atoms with van der Waals surface area (Å²) in [6.45, 7) is 4.92. The summed E-state index contributed by atoms with van der Waals surface area (Å²) in [5.41, 5.74) is 0.567. The third kappa shape index (κ3) is 3.81. The summed E-state index contributed by atoms with van der Waals surface area (Å²) in [6.07, 6.45) is 0.877. The van der Waals surface area contributed by atoms with Crippen LogP contribution in [0.2, 0.25) is 0 Å². The van der Waals surface area contributed by atoms with Crippen molar-refractivity contribution in [2.24, 2.45) is 5.92 Å². The largest absolute Gasteiger partial charge is 0.385 e. The smallest absolute Gasteiger partial charge is 0.146 e. The molecule has 1 unspecified atom stereocenters. The third-order valence-corrected chi connectivity index (χ3v) is 2.65. The number of para-hydroxylation sites is 1. The first kappa shape index (κ1) is 13.0. The maximum absolute atomic E-state index is 13.4. The molecule has 1 aromatic carbocycles. The van der Waals surface area contributed by atoms with E-state index in [0.717, 1.165) is 6.42 Å². The second-order valence-electron chi connectivity index (χ2n) is 4.26. The van der Waals surface area contributed by atoms with Crippen LogP contribution < -0.4 is 5.32 Å². The fraction of sp³-hybridized carbons (Fsp3) is 0.538. The van der Waals surface area contributed by atoms with E-state index in [2.05, 4.69) is 19.2 Å². The van der Waals surface area contributed by atoms with Gasteiger partial charge in [0.1, 0.15) is 5.82 Å². The van der Waals surface area contributed by atoms with Crippen molar-refractivity contribution < 1.29 is 9.13 Å². The average Bonchev–Trinajstić information content (AvgIpc) is 2.26. The summed E-state index contributed by atoms with van der Waals surface area (Å²) in [5, 5.41) is 3.23. The zero-order valence-corrected chi connectivity index (χ0v) is 10.2. The van der Waals surface area contributed by atoms with Crippen LogP contribution in [0, 0.1) is 11.7 Å². The maximum atomic E-state index is 13.4. The quantitative estimate of drug-likeness (QED) is 0.802. The Morgan fingerprint density at radius 1 is 1.31 bits per heavy atom. The Balaban J connectivity index is 2.64. The first-order valence-corrected chi connectivity index (χ1v) is 5.65. The molecule has 0 radical (unpaired) electrons. The molecule has 16 heavy (non-hydrogen) atoms. The molecule has 0 fully saturated rings. The van der Waals surface area contributed by atoms with Gasteiger partial charge in [0.25, 0.3) is 0 Å². The van der Waals surface area contributed by atoms with Crippen LogP contribution in [0.1, 0.15) is 20.3 Å². The van der Waals surface area contributed by atoms with Crippen molar-refractivity contribution in [3.8, 4) is 0 Å². The number of benzene rings is 1. The fourth-order valence-electron chi connectivity index (χ4n) is 1.59. The number of hydrogen-bond donors (Lipinski definition) is 1. The highest BCUT2D eigenvalue weighted by atomic mass is 19.1. The van der Waals surface area contributed by atoms with Gasteiger partial charge in [-0.05, 0) is 24.5 Å². The van der Waals surface area contributed by atoms with Crippen LogP contribution in [0.15, 0.2) is 24.3 Å². The van der Waals surface area contributed by atoms with E-state index in [0.29, 0.717) is 18.2 Å². The van der Waals surface area contributed by atoms with E-state index in [1.54, 1.807) is 19.2 Å².